The van der Waals surface area contributed by atoms with Gasteiger partial charge in [0.25, 0.3) is 5.91 Å². The first-order valence-electron chi connectivity index (χ1n) is 8.79. The lowest BCUT2D eigenvalue weighted by Gasteiger charge is -2.26. The van der Waals surface area contributed by atoms with E-state index in [9.17, 15) is 9.59 Å². The summed E-state index contributed by atoms with van der Waals surface area (Å²) >= 11 is 1.25. The van der Waals surface area contributed by atoms with E-state index in [0.29, 0.717) is 56.3 Å². The van der Waals surface area contributed by atoms with Crippen LogP contribution in [0.25, 0.3) is 0 Å². The molecule has 8 nitrogen and oxygen atoms in total. The number of hydrogen-bond acceptors (Lipinski definition) is 7. The van der Waals surface area contributed by atoms with Gasteiger partial charge >= 0.3 is 0 Å². The predicted molar refractivity (Wildman–Crippen MR) is 101 cm³/mol. The minimum absolute atomic E-state index is 0.139. The number of anilines is 1. The zero-order valence-electron chi connectivity index (χ0n) is 15.1. The van der Waals surface area contributed by atoms with E-state index in [1.165, 1.54) is 11.3 Å². The van der Waals surface area contributed by atoms with Crippen molar-refractivity contribution in [3.05, 3.63) is 34.3 Å². The minimum atomic E-state index is -0.298. The lowest BCUT2D eigenvalue weighted by molar-refractivity contribution is -0.135. The Morgan fingerprint density at radius 1 is 1.22 bits per heavy atom. The number of aryl methyl sites for hydroxylation is 1. The number of amides is 2. The van der Waals surface area contributed by atoms with E-state index < -0.39 is 0 Å². The first-order chi connectivity index (χ1) is 13.2. The summed E-state index contributed by atoms with van der Waals surface area (Å²) in [5.41, 5.74) is 0.661. The zero-order valence-corrected chi connectivity index (χ0v) is 16.0. The number of ether oxygens (including phenoxy) is 2. The maximum absolute atomic E-state index is 12.3. The van der Waals surface area contributed by atoms with Gasteiger partial charge in [-0.15, -0.1) is 10.2 Å². The van der Waals surface area contributed by atoms with E-state index in [-0.39, 0.29) is 11.8 Å². The third-order valence-electron chi connectivity index (χ3n) is 4.15. The summed E-state index contributed by atoms with van der Waals surface area (Å²) in [5.74, 6) is 0.562. The first kappa shape index (κ1) is 19.2. The van der Waals surface area contributed by atoms with Crippen molar-refractivity contribution in [3.8, 4) is 5.75 Å². The van der Waals surface area contributed by atoms with E-state index in [0.717, 1.165) is 10.8 Å². The lowest BCUT2D eigenvalue weighted by Crippen LogP contribution is -2.40. The number of morpholine rings is 1. The molecule has 0 unspecified atom stereocenters. The monoisotopic (exact) mass is 390 g/mol. The Labute approximate surface area is 161 Å². The summed E-state index contributed by atoms with van der Waals surface area (Å²) < 4.78 is 10.3. The Kier molecular flexibility index (Phi) is 6.72. The van der Waals surface area contributed by atoms with Crippen LogP contribution in [-0.2, 0) is 16.0 Å². The van der Waals surface area contributed by atoms with Crippen LogP contribution in [0, 0.1) is 0 Å². The van der Waals surface area contributed by atoms with E-state index >= 15 is 0 Å². The van der Waals surface area contributed by atoms with Gasteiger partial charge in [0.2, 0.25) is 10.9 Å². The maximum atomic E-state index is 12.3. The van der Waals surface area contributed by atoms with Crippen molar-refractivity contribution in [2.24, 2.45) is 0 Å². The van der Waals surface area contributed by atoms with Crippen LogP contribution in [0.15, 0.2) is 24.3 Å². The van der Waals surface area contributed by atoms with Gasteiger partial charge in [-0.05, 0) is 30.7 Å². The molecule has 1 aromatic heterocycles. The van der Waals surface area contributed by atoms with Crippen molar-refractivity contribution in [2.45, 2.75) is 19.3 Å². The molecule has 1 fully saturated rings. The van der Waals surface area contributed by atoms with Crippen LogP contribution in [0.5, 0.6) is 5.75 Å². The highest BCUT2D eigenvalue weighted by Gasteiger charge is 2.17. The topological polar surface area (TPSA) is 93.7 Å². The highest BCUT2D eigenvalue weighted by atomic mass is 32.1. The molecule has 144 valence electrons. The summed E-state index contributed by atoms with van der Waals surface area (Å²) in [4.78, 5) is 26.2. The van der Waals surface area contributed by atoms with Crippen LogP contribution in [-0.4, -0.2) is 60.3 Å². The molecule has 0 atom stereocenters. The van der Waals surface area contributed by atoms with Crippen molar-refractivity contribution in [1.29, 1.82) is 0 Å². The molecule has 27 heavy (non-hydrogen) atoms. The standard InChI is InChI=1S/C18H22N4O4S/c1-25-14-7-5-13(6-8-14)19-17(24)18-21-20-15(27-18)3-2-4-16(23)22-9-11-26-12-10-22/h5-8H,2-4,9-12H2,1H3,(H,19,24). The van der Waals surface area contributed by atoms with E-state index in [2.05, 4.69) is 15.5 Å². The van der Waals surface area contributed by atoms with Crippen LogP contribution in [0.3, 0.4) is 0 Å². The fourth-order valence-corrected chi connectivity index (χ4v) is 3.44. The van der Waals surface area contributed by atoms with Crippen LogP contribution in [0.4, 0.5) is 5.69 Å². The molecule has 0 radical (unpaired) electrons. The summed E-state index contributed by atoms with van der Waals surface area (Å²) in [6, 6.07) is 7.06. The van der Waals surface area contributed by atoms with Gasteiger partial charge in [-0.1, -0.05) is 11.3 Å². The molecule has 0 saturated carbocycles. The molecule has 0 aliphatic carbocycles. The van der Waals surface area contributed by atoms with Gasteiger partial charge in [-0.3, -0.25) is 9.59 Å². The minimum Gasteiger partial charge on any atom is -0.497 e. The average Bonchev–Trinajstić information content (AvgIpc) is 3.18. The fourth-order valence-electron chi connectivity index (χ4n) is 2.67. The molecule has 1 aliphatic heterocycles. The van der Waals surface area contributed by atoms with Gasteiger partial charge in [-0.2, -0.15) is 0 Å². The summed E-state index contributed by atoms with van der Waals surface area (Å²) in [5, 5.41) is 11.9. The van der Waals surface area contributed by atoms with Crippen LogP contribution >= 0.6 is 11.3 Å². The molecule has 1 N–H and O–H groups in total. The molecule has 2 aromatic rings. The van der Waals surface area contributed by atoms with E-state index in [1.54, 1.807) is 31.4 Å². The Morgan fingerprint density at radius 3 is 2.67 bits per heavy atom. The van der Waals surface area contributed by atoms with E-state index in [4.69, 9.17) is 9.47 Å². The number of methoxy groups -OCH3 is 1. The average molecular weight is 390 g/mol. The van der Waals surface area contributed by atoms with Gasteiger partial charge in [0, 0.05) is 31.6 Å². The molecular formula is C18H22N4O4S. The number of nitrogens with one attached hydrogen (secondary N) is 1. The number of carbonyl (C=O) groups excluding carboxylic acids is 2. The van der Waals surface area contributed by atoms with Crippen LogP contribution in [0.2, 0.25) is 0 Å². The molecule has 2 heterocycles. The summed E-state index contributed by atoms with van der Waals surface area (Å²) in [6.45, 7) is 2.53. The fraction of sp³-hybridized carbons (Fsp3) is 0.444. The molecule has 0 bridgehead atoms. The second-order valence-electron chi connectivity index (χ2n) is 6.03. The smallest absolute Gasteiger partial charge is 0.286 e. The highest BCUT2D eigenvalue weighted by molar-refractivity contribution is 7.13. The molecule has 9 heteroatoms. The largest absolute Gasteiger partial charge is 0.497 e. The molecule has 1 aromatic carbocycles. The number of hydrogen-bond donors (Lipinski definition) is 1. The third-order valence-corrected chi connectivity index (χ3v) is 5.14. The Balaban J connectivity index is 1.45. The number of aromatic nitrogens is 2. The molecule has 1 aliphatic rings. The zero-order chi connectivity index (χ0) is 19.1. The molecule has 1 saturated heterocycles. The van der Waals surface area contributed by atoms with Crippen LogP contribution in [0.1, 0.15) is 27.7 Å². The normalized spacial score (nSPS) is 14.0. The summed E-state index contributed by atoms with van der Waals surface area (Å²) in [7, 11) is 1.59. The van der Waals surface area contributed by atoms with Crippen molar-refractivity contribution in [3.63, 3.8) is 0 Å². The third kappa shape index (κ3) is 5.48. The predicted octanol–water partition coefficient (Wildman–Crippen LogP) is 1.98. The van der Waals surface area contributed by atoms with Crippen molar-refractivity contribution in [1.82, 2.24) is 15.1 Å². The molecule has 2 amide bonds. The highest BCUT2D eigenvalue weighted by Crippen LogP contribution is 2.18. The first-order valence-corrected chi connectivity index (χ1v) is 9.60. The van der Waals surface area contributed by atoms with Gasteiger partial charge in [0.05, 0.1) is 20.3 Å². The van der Waals surface area contributed by atoms with E-state index in [1.807, 2.05) is 4.90 Å². The van der Waals surface area contributed by atoms with Crippen molar-refractivity contribution < 1.29 is 19.1 Å². The number of carbonyl (C=O) groups is 2. The quantitative estimate of drug-likeness (QED) is 0.777. The van der Waals surface area contributed by atoms with Crippen molar-refractivity contribution in [2.75, 3.05) is 38.7 Å². The van der Waals surface area contributed by atoms with Crippen LogP contribution < -0.4 is 10.1 Å². The molecular weight excluding hydrogens is 368 g/mol. The number of rotatable bonds is 7. The second-order valence-corrected chi connectivity index (χ2v) is 7.09. The van der Waals surface area contributed by atoms with Gasteiger partial charge in [0.15, 0.2) is 0 Å². The summed E-state index contributed by atoms with van der Waals surface area (Å²) in [6.07, 6.45) is 1.78. The number of nitrogens with zero attached hydrogens (tertiary/aromatic N) is 3. The lowest BCUT2D eigenvalue weighted by atomic mass is 10.2. The second kappa shape index (κ2) is 9.43. The Hall–Kier alpha value is -2.52. The Morgan fingerprint density at radius 2 is 1.96 bits per heavy atom. The van der Waals surface area contributed by atoms with Gasteiger partial charge in [0.1, 0.15) is 10.8 Å². The Bertz CT molecular complexity index is 772. The maximum Gasteiger partial charge on any atom is 0.286 e. The molecule has 3 rings (SSSR count). The van der Waals surface area contributed by atoms with Gasteiger partial charge in [-0.25, -0.2) is 0 Å². The SMILES string of the molecule is COc1ccc(NC(=O)c2nnc(CCCC(=O)N3CCOCC3)s2)cc1. The number of benzene rings is 1. The van der Waals surface area contributed by atoms with Gasteiger partial charge < -0.3 is 19.7 Å². The molecule has 0 spiro atoms. The van der Waals surface area contributed by atoms with Crippen molar-refractivity contribution >= 4 is 28.8 Å².